The van der Waals surface area contributed by atoms with E-state index in [4.69, 9.17) is 0 Å². The van der Waals surface area contributed by atoms with Crippen molar-refractivity contribution in [2.24, 2.45) is 0 Å². The van der Waals surface area contributed by atoms with Crippen LogP contribution in [0.2, 0.25) is 0 Å². The molecule has 5 heteroatoms. The van der Waals surface area contributed by atoms with E-state index in [-0.39, 0.29) is 11.9 Å². The van der Waals surface area contributed by atoms with E-state index in [1.54, 1.807) is 12.1 Å². The standard InChI is InChI=1S/C19H16FN3O/c20-16-11-21-7-6-14(16)18-10-15-17(23-18)9-13(22-19(15)24)8-12-4-2-1-3-5-12/h1-7,10-11,13,23H,8-9H2,(H,22,24). The summed E-state index contributed by atoms with van der Waals surface area (Å²) in [5.41, 5.74) is 3.65. The summed E-state index contributed by atoms with van der Waals surface area (Å²) in [5.74, 6) is -0.522. The van der Waals surface area contributed by atoms with Crippen molar-refractivity contribution in [3.8, 4) is 11.3 Å². The number of hydrogen-bond acceptors (Lipinski definition) is 2. The SMILES string of the molecule is O=C1NC(Cc2ccccc2)Cc2[nH]c(-c3ccncc3F)cc21. The molecule has 1 aliphatic heterocycles. The van der Waals surface area contributed by atoms with Crippen LogP contribution in [0.15, 0.2) is 54.9 Å². The molecule has 1 atom stereocenters. The van der Waals surface area contributed by atoms with Crippen LogP contribution in [0.25, 0.3) is 11.3 Å². The molecule has 3 heterocycles. The Bertz CT molecular complexity index is 889. The first-order chi connectivity index (χ1) is 11.7. The zero-order chi connectivity index (χ0) is 16.5. The number of nitrogens with zero attached hydrogens (tertiary/aromatic N) is 1. The molecule has 0 spiro atoms. The molecular formula is C19H16FN3O. The minimum Gasteiger partial charge on any atom is -0.358 e. The van der Waals surface area contributed by atoms with Gasteiger partial charge in [0.2, 0.25) is 0 Å². The molecular weight excluding hydrogens is 305 g/mol. The van der Waals surface area contributed by atoms with Gasteiger partial charge in [-0.1, -0.05) is 30.3 Å². The first kappa shape index (κ1) is 14.6. The van der Waals surface area contributed by atoms with Gasteiger partial charge < -0.3 is 10.3 Å². The molecule has 2 N–H and O–H groups in total. The molecule has 0 saturated heterocycles. The summed E-state index contributed by atoms with van der Waals surface area (Å²) in [6.45, 7) is 0. The van der Waals surface area contributed by atoms with E-state index in [0.717, 1.165) is 12.1 Å². The Labute approximate surface area is 138 Å². The van der Waals surface area contributed by atoms with Gasteiger partial charge in [-0.25, -0.2) is 4.39 Å². The van der Waals surface area contributed by atoms with Gasteiger partial charge in [-0.15, -0.1) is 0 Å². The molecule has 0 aliphatic carbocycles. The Hall–Kier alpha value is -2.95. The highest BCUT2D eigenvalue weighted by molar-refractivity contribution is 5.98. The lowest BCUT2D eigenvalue weighted by Crippen LogP contribution is -2.42. The summed E-state index contributed by atoms with van der Waals surface area (Å²) < 4.78 is 13.9. The van der Waals surface area contributed by atoms with Crippen molar-refractivity contribution >= 4 is 5.91 Å². The number of amides is 1. The maximum Gasteiger partial charge on any atom is 0.253 e. The third-order valence-corrected chi connectivity index (χ3v) is 4.32. The summed E-state index contributed by atoms with van der Waals surface area (Å²) in [5, 5.41) is 3.04. The third-order valence-electron chi connectivity index (χ3n) is 4.32. The fraction of sp³-hybridized carbons (Fsp3) is 0.158. The number of carbonyl (C=O) groups is 1. The number of rotatable bonds is 3. The number of aromatic amines is 1. The number of nitrogens with one attached hydrogen (secondary N) is 2. The lowest BCUT2D eigenvalue weighted by Gasteiger charge is -2.23. The zero-order valence-corrected chi connectivity index (χ0v) is 12.9. The maximum absolute atomic E-state index is 13.9. The number of benzene rings is 1. The Morgan fingerprint density at radius 1 is 1.17 bits per heavy atom. The van der Waals surface area contributed by atoms with Crippen LogP contribution in [-0.2, 0) is 12.8 Å². The van der Waals surface area contributed by atoms with E-state index in [0.29, 0.717) is 23.2 Å². The Balaban J connectivity index is 1.62. The van der Waals surface area contributed by atoms with Gasteiger partial charge in [-0.05, 0) is 24.1 Å². The lowest BCUT2D eigenvalue weighted by molar-refractivity contribution is 0.0925. The highest BCUT2D eigenvalue weighted by Crippen LogP contribution is 2.27. The molecule has 3 aromatic rings. The molecule has 2 aromatic heterocycles. The largest absolute Gasteiger partial charge is 0.358 e. The molecule has 24 heavy (non-hydrogen) atoms. The Morgan fingerprint density at radius 3 is 2.79 bits per heavy atom. The first-order valence-electron chi connectivity index (χ1n) is 7.87. The molecule has 4 rings (SSSR count). The lowest BCUT2D eigenvalue weighted by atomic mass is 9.96. The van der Waals surface area contributed by atoms with Gasteiger partial charge in [-0.2, -0.15) is 0 Å². The molecule has 1 aromatic carbocycles. The van der Waals surface area contributed by atoms with Crippen molar-refractivity contribution in [3.05, 3.63) is 77.5 Å². The van der Waals surface area contributed by atoms with E-state index in [9.17, 15) is 9.18 Å². The zero-order valence-electron chi connectivity index (χ0n) is 12.9. The van der Waals surface area contributed by atoms with Gasteiger partial charge in [0, 0.05) is 35.6 Å². The van der Waals surface area contributed by atoms with Crippen molar-refractivity contribution in [3.63, 3.8) is 0 Å². The summed E-state index contributed by atoms with van der Waals surface area (Å²) in [4.78, 5) is 19.3. The fourth-order valence-corrected chi connectivity index (χ4v) is 3.18. The minimum atomic E-state index is -0.405. The first-order valence-corrected chi connectivity index (χ1v) is 7.87. The highest BCUT2D eigenvalue weighted by atomic mass is 19.1. The van der Waals surface area contributed by atoms with Crippen LogP contribution < -0.4 is 5.32 Å². The summed E-state index contributed by atoms with van der Waals surface area (Å²) in [7, 11) is 0. The molecule has 0 fully saturated rings. The summed E-state index contributed by atoms with van der Waals surface area (Å²) in [6.07, 6.45) is 4.18. The average Bonchev–Trinajstić information content (AvgIpc) is 3.00. The number of aromatic nitrogens is 2. The van der Waals surface area contributed by atoms with Crippen molar-refractivity contribution in [2.45, 2.75) is 18.9 Å². The van der Waals surface area contributed by atoms with Gasteiger partial charge in [0.05, 0.1) is 11.8 Å². The number of carbonyl (C=O) groups excluding carboxylic acids is 1. The predicted molar refractivity (Wildman–Crippen MR) is 89.1 cm³/mol. The van der Waals surface area contributed by atoms with Crippen molar-refractivity contribution in [1.82, 2.24) is 15.3 Å². The number of fused-ring (bicyclic) bond motifs is 1. The third kappa shape index (κ3) is 2.69. The van der Waals surface area contributed by atoms with Gasteiger partial charge in [-0.3, -0.25) is 9.78 Å². The van der Waals surface area contributed by atoms with Gasteiger partial charge in [0.15, 0.2) is 5.82 Å². The molecule has 0 bridgehead atoms. The van der Waals surface area contributed by atoms with Gasteiger partial charge >= 0.3 is 0 Å². The van der Waals surface area contributed by atoms with Crippen LogP contribution in [-0.4, -0.2) is 21.9 Å². The molecule has 1 unspecified atom stereocenters. The van der Waals surface area contributed by atoms with Gasteiger partial charge in [0.1, 0.15) is 0 Å². The highest BCUT2D eigenvalue weighted by Gasteiger charge is 2.27. The Kier molecular flexibility index (Phi) is 3.61. The van der Waals surface area contributed by atoms with Crippen LogP contribution in [0.4, 0.5) is 4.39 Å². The average molecular weight is 321 g/mol. The van der Waals surface area contributed by atoms with E-state index in [1.165, 1.54) is 18.0 Å². The molecule has 120 valence electrons. The van der Waals surface area contributed by atoms with Gasteiger partial charge in [0.25, 0.3) is 5.91 Å². The van der Waals surface area contributed by atoms with Crippen LogP contribution in [0, 0.1) is 5.82 Å². The monoisotopic (exact) mass is 321 g/mol. The number of halogens is 1. The van der Waals surface area contributed by atoms with E-state index >= 15 is 0 Å². The van der Waals surface area contributed by atoms with E-state index < -0.39 is 5.82 Å². The van der Waals surface area contributed by atoms with Crippen molar-refractivity contribution < 1.29 is 9.18 Å². The second kappa shape index (κ2) is 5.92. The topological polar surface area (TPSA) is 57.8 Å². The second-order valence-electron chi connectivity index (χ2n) is 5.99. The minimum absolute atomic E-state index is 0.0289. The van der Waals surface area contributed by atoms with Crippen LogP contribution in [0.3, 0.4) is 0 Å². The normalized spacial score (nSPS) is 16.5. The second-order valence-corrected chi connectivity index (χ2v) is 5.99. The maximum atomic E-state index is 13.9. The molecule has 0 saturated carbocycles. The van der Waals surface area contributed by atoms with Crippen LogP contribution in [0.1, 0.15) is 21.6 Å². The Morgan fingerprint density at radius 2 is 2.00 bits per heavy atom. The quantitative estimate of drug-likeness (QED) is 0.779. The smallest absolute Gasteiger partial charge is 0.253 e. The van der Waals surface area contributed by atoms with E-state index in [1.807, 2.05) is 30.3 Å². The van der Waals surface area contributed by atoms with Crippen LogP contribution in [0.5, 0.6) is 0 Å². The predicted octanol–water partition coefficient (Wildman–Crippen LogP) is 3.11. The van der Waals surface area contributed by atoms with Crippen molar-refractivity contribution in [2.75, 3.05) is 0 Å². The molecule has 1 amide bonds. The number of H-pyrrole nitrogens is 1. The molecule has 4 nitrogen and oxygen atoms in total. The van der Waals surface area contributed by atoms with Crippen molar-refractivity contribution in [1.29, 1.82) is 0 Å². The molecule has 0 radical (unpaired) electrons. The number of pyridine rings is 1. The fourth-order valence-electron chi connectivity index (χ4n) is 3.18. The van der Waals surface area contributed by atoms with E-state index in [2.05, 4.69) is 15.3 Å². The molecule has 1 aliphatic rings. The summed E-state index contributed by atoms with van der Waals surface area (Å²) >= 11 is 0. The van der Waals surface area contributed by atoms with Crippen LogP contribution >= 0.6 is 0 Å². The number of hydrogen-bond donors (Lipinski definition) is 2. The summed E-state index contributed by atoms with van der Waals surface area (Å²) in [6, 6.07) is 13.4.